The van der Waals surface area contributed by atoms with Crippen LogP contribution in [0, 0.1) is 0 Å². The molecule has 0 saturated carbocycles. The Kier molecular flexibility index (Phi) is 2.37. The Hall–Kier alpha value is -1.81. The number of hydrogen-bond acceptors (Lipinski definition) is 1. The normalized spacial score (nSPS) is 10.9. The molecule has 3 nitrogen and oxygen atoms in total. The zero-order valence-corrected chi connectivity index (χ0v) is 10.4. The van der Waals surface area contributed by atoms with Gasteiger partial charge in [0.2, 0.25) is 0 Å². The van der Waals surface area contributed by atoms with Crippen molar-refractivity contribution in [2.45, 2.75) is 0 Å². The fourth-order valence-electron chi connectivity index (χ4n) is 1.84. The van der Waals surface area contributed by atoms with Crippen molar-refractivity contribution in [1.82, 2.24) is 9.38 Å². The van der Waals surface area contributed by atoms with Crippen LogP contribution in [-0.4, -0.2) is 9.38 Å². The molecule has 17 heavy (non-hydrogen) atoms. The predicted molar refractivity (Wildman–Crippen MR) is 71.2 cm³/mol. The Morgan fingerprint density at radius 1 is 1.12 bits per heavy atom. The van der Waals surface area contributed by atoms with Crippen LogP contribution in [0.15, 0.2) is 57.9 Å². The number of benzene rings is 1. The van der Waals surface area contributed by atoms with Crippen molar-refractivity contribution in [1.29, 1.82) is 0 Å². The van der Waals surface area contributed by atoms with Gasteiger partial charge in [0.05, 0.1) is 5.69 Å². The van der Waals surface area contributed by atoms with E-state index in [1.54, 1.807) is 16.5 Å². The number of rotatable bonds is 1. The van der Waals surface area contributed by atoms with E-state index in [0.29, 0.717) is 0 Å². The molecule has 0 aliphatic heterocycles. The van der Waals surface area contributed by atoms with E-state index in [2.05, 4.69) is 20.9 Å². The maximum absolute atomic E-state index is 11.6. The van der Waals surface area contributed by atoms with E-state index in [-0.39, 0.29) is 5.56 Å². The summed E-state index contributed by atoms with van der Waals surface area (Å²) in [5, 5.41) is 0. The largest absolute Gasteiger partial charge is 0.340 e. The molecule has 3 aromatic rings. The van der Waals surface area contributed by atoms with Crippen LogP contribution >= 0.6 is 15.9 Å². The summed E-state index contributed by atoms with van der Waals surface area (Å²) >= 11 is 3.44. The highest BCUT2D eigenvalue weighted by molar-refractivity contribution is 9.10. The van der Waals surface area contributed by atoms with Crippen LogP contribution in [0.2, 0.25) is 0 Å². The van der Waals surface area contributed by atoms with Crippen molar-refractivity contribution >= 4 is 21.6 Å². The molecule has 84 valence electrons. The van der Waals surface area contributed by atoms with Gasteiger partial charge in [-0.25, -0.2) is 0 Å². The van der Waals surface area contributed by atoms with E-state index >= 15 is 0 Å². The number of imidazole rings is 1. The Balaban J connectivity index is 2.25. The number of H-pyrrole nitrogens is 1. The minimum atomic E-state index is -0.0278. The summed E-state index contributed by atoms with van der Waals surface area (Å²) in [6.45, 7) is 0. The Morgan fingerprint density at radius 3 is 2.71 bits per heavy atom. The first-order chi connectivity index (χ1) is 8.24. The molecule has 4 heteroatoms. The maximum atomic E-state index is 11.6. The molecule has 2 aromatic heterocycles. The van der Waals surface area contributed by atoms with Gasteiger partial charge in [-0.05, 0) is 18.2 Å². The van der Waals surface area contributed by atoms with Crippen LogP contribution < -0.4 is 5.56 Å². The van der Waals surface area contributed by atoms with E-state index in [9.17, 15) is 4.79 Å². The lowest BCUT2D eigenvalue weighted by molar-refractivity contribution is 1.11. The first-order valence-electron chi connectivity index (χ1n) is 5.20. The van der Waals surface area contributed by atoms with E-state index in [1.807, 2.05) is 36.5 Å². The molecule has 0 fully saturated rings. The third kappa shape index (κ3) is 1.80. The molecule has 0 radical (unpaired) electrons. The number of nitrogens with zero attached hydrogens (tertiary/aromatic N) is 1. The summed E-state index contributed by atoms with van der Waals surface area (Å²) in [5.41, 5.74) is 2.74. The Bertz CT molecular complexity index is 742. The summed E-state index contributed by atoms with van der Waals surface area (Å²) in [7, 11) is 0. The second-order valence-corrected chi connectivity index (χ2v) is 4.71. The van der Waals surface area contributed by atoms with Gasteiger partial charge in [-0.15, -0.1) is 0 Å². The second kappa shape index (κ2) is 3.89. The molecule has 1 aromatic carbocycles. The molecule has 1 N–H and O–H groups in total. The predicted octanol–water partition coefficient (Wildman–Crippen LogP) is 3.06. The highest BCUT2D eigenvalue weighted by Gasteiger charge is 2.04. The van der Waals surface area contributed by atoms with Gasteiger partial charge in [-0.1, -0.05) is 34.1 Å². The lowest BCUT2D eigenvalue weighted by Gasteiger charge is -1.96. The molecular formula is C13H9BrN2O. The highest BCUT2D eigenvalue weighted by Crippen LogP contribution is 2.21. The summed E-state index contributed by atoms with van der Waals surface area (Å²) < 4.78 is 2.62. The van der Waals surface area contributed by atoms with Gasteiger partial charge in [-0.3, -0.25) is 9.20 Å². The van der Waals surface area contributed by atoms with Crippen molar-refractivity contribution in [3.05, 3.63) is 63.5 Å². The third-order valence-electron chi connectivity index (χ3n) is 2.65. The number of aromatic amines is 1. The summed E-state index contributed by atoms with van der Waals surface area (Å²) in [4.78, 5) is 14.8. The fraction of sp³-hybridized carbons (Fsp3) is 0. The summed E-state index contributed by atoms with van der Waals surface area (Å²) in [6, 6.07) is 13.1. The minimum Gasteiger partial charge on any atom is -0.340 e. The Morgan fingerprint density at radius 2 is 1.94 bits per heavy atom. The van der Waals surface area contributed by atoms with Crippen molar-refractivity contribution < 1.29 is 0 Å². The van der Waals surface area contributed by atoms with Gasteiger partial charge in [-0.2, -0.15) is 0 Å². The number of nitrogens with one attached hydrogen (secondary N) is 1. The van der Waals surface area contributed by atoms with Crippen molar-refractivity contribution in [3.63, 3.8) is 0 Å². The number of halogens is 1. The number of aromatic nitrogens is 2. The number of fused-ring (bicyclic) bond motifs is 1. The molecule has 0 spiro atoms. The smallest absolute Gasteiger partial charge is 0.256 e. The average molecular weight is 289 g/mol. The molecule has 0 aliphatic carbocycles. The zero-order valence-electron chi connectivity index (χ0n) is 8.85. The van der Waals surface area contributed by atoms with Crippen molar-refractivity contribution in [3.8, 4) is 11.3 Å². The van der Waals surface area contributed by atoms with Crippen LogP contribution in [0.5, 0.6) is 0 Å². The van der Waals surface area contributed by atoms with E-state index < -0.39 is 0 Å². The molecule has 0 bridgehead atoms. The van der Waals surface area contributed by atoms with Gasteiger partial charge in [0.25, 0.3) is 5.56 Å². The summed E-state index contributed by atoms with van der Waals surface area (Å²) in [5.74, 6) is 0. The monoisotopic (exact) mass is 288 g/mol. The standard InChI is InChI=1S/C13H9BrN2O/c14-10-4-1-3-9(7-10)11-8-16-12(15-11)5-2-6-13(16)17/h1-8,15H. The minimum absolute atomic E-state index is 0.0278. The van der Waals surface area contributed by atoms with Crippen LogP contribution in [0.3, 0.4) is 0 Å². The lowest BCUT2D eigenvalue weighted by Crippen LogP contribution is -2.08. The van der Waals surface area contributed by atoms with E-state index in [1.165, 1.54) is 0 Å². The third-order valence-corrected chi connectivity index (χ3v) is 3.14. The van der Waals surface area contributed by atoms with Crippen LogP contribution in [0.1, 0.15) is 0 Å². The topological polar surface area (TPSA) is 37.3 Å². The molecule has 0 unspecified atom stereocenters. The number of pyridine rings is 1. The lowest BCUT2D eigenvalue weighted by atomic mass is 10.2. The maximum Gasteiger partial charge on any atom is 0.256 e. The van der Waals surface area contributed by atoms with Crippen LogP contribution in [0.4, 0.5) is 0 Å². The molecule has 0 atom stereocenters. The van der Waals surface area contributed by atoms with E-state index in [4.69, 9.17) is 0 Å². The van der Waals surface area contributed by atoms with Gasteiger partial charge < -0.3 is 4.98 Å². The number of hydrogen-bond donors (Lipinski definition) is 1. The van der Waals surface area contributed by atoms with Crippen LogP contribution in [-0.2, 0) is 0 Å². The van der Waals surface area contributed by atoms with Gasteiger partial charge >= 0.3 is 0 Å². The second-order valence-electron chi connectivity index (χ2n) is 3.80. The van der Waals surface area contributed by atoms with Gasteiger partial charge in [0.1, 0.15) is 5.65 Å². The molecular weight excluding hydrogens is 280 g/mol. The molecule has 0 aliphatic rings. The van der Waals surface area contributed by atoms with E-state index in [0.717, 1.165) is 21.4 Å². The SMILES string of the molecule is O=c1cccc2[nH]c(-c3cccc(Br)c3)cn12. The highest BCUT2D eigenvalue weighted by atomic mass is 79.9. The quantitative estimate of drug-likeness (QED) is 0.734. The molecule has 2 heterocycles. The molecule has 0 saturated heterocycles. The van der Waals surface area contributed by atoms with Gasteiger partial charge in [0.15, 0.2) is 0 Å². The zero-order chi connectivity index (χ0) is 11.8. The Labute approximate surface area is 106 Å². The first-order valence-corrected chi connectivity index (χ1v) is 6.00. The van der Waals surface area contributed by atoms with Crippen molar-refractivity contribution in [2.75, 3.05) is 0 Å². The fourth-order valence-corrected chi connectivity index (χ4v) is 2.24. The van der Waals surface area contributed by atoms with Gasteiger partial charge in [0, 0.05) is 22.3 Å². The molecule has 3 rings (SSSR count). The summed E-state index contributed by atoms with van der Waals surface area (Å²) in [6.07, 6.45) is 1.82. The first kappa shape index (κ1) is 10.4. The van der Waals surface area contributed by atoms with Crippen molar-refractivity contribution in [2.24, 2.45) is 0 Å². The van der Waals surface area contributed by atoms with Crippen LogP contribution in [0.25, 0.3) is 16.9 Å². The molecule has 0 amide bonds. The average Bonchev–Trinajstić information content (AvgIpc) is 2.74.